The lowest BCUT2D eigenvalue weighted by Gasteiger charge is -2.12. The van der Waals surface area contributed by atoms with Gasteiger partial charge in [0.1, 0.15) is 0 Å². The number of rotatable bonds is 2. The molecule has 1 unspecified atom stereocenters. The summed E-state index contributed by atoms with van der Waals surface area (Å²) in [6.45, 7) is 0. The third-order valence-electron chi connectivity index (χ3n) is 3.31. The molecule has 2 aromatic carbocycles. The van der Waals surface area contributed by atoms with Crippen LogP contribution in [0.2, 0.25) is 0 Å². The molecule has 5 heteroatoms. The molecule has 0 radical (unpaired) electrons. The van der Waals surface area contributed by atoms with Crippen molar-refractivity contribution in [1.82, 2.24) is 0 Å². The number of halogens is 4. The fourth-order valence-electron chi connectivity index (χ4n) is 2.22. The van der Waals surface area contributed by atoms with Gasteiger partial charge in [0.05, 0.1) is 10.4 Å². The van der Waals surface area contributed by atoms with Gasteiger partial charge in [0.25, 0.3) is 0 Å². The van der Waals surface area contributed by atoms with E-state index in [1.54, 1.807) is 11.3 Å². The van der Waals surface area contributed by atoms with Crippen LogP contribution in [-0.2, 0) is 6.18 Å². The van der Waals surface area contributed by atoms with E-state index in [2.05, 4.69) is 15.9 Å². The van der Waals surface area contributed by atoms with Crippen LogP contribution in [0, 0.1) is 0 Å². The Morgan fingerprint density at radius 3 is 2.29 bits per heavy atom. The molecule has 0 fully saturated rings. The lowest BCUT2D eigenvalue weighted by atomic mass is 10.0. The Balaban J connectivity index is 1.97. The number of benzene rings is 2. The van der Waals surface area contributed by atoms with Crippen molar-refractivity contribution in [2.75, 3.05) is 0 Å². The maximum absolute atomic E-state index is 12.6. The van der Waals surface area contributed by atoms with Crippen molar-refractivity contribution in [2.24, 2.45) is 0 Å². The van der Waals surface area contributed by atoms with Crippen LogP contribution in [0.15, 0.2) is 53.9 Å². The lowest BCUT2D eigenvalue weighted by molar-refractivity contribution is -0.137. The Morgan fingerprint density at radius 1 is 0.952 bits per heavy atom. The minimum atomic E-state index is -4.30. The van der Waals surface area contributed by atoms with Crippen LogP contribution in [0.25, 0.3) is 10.1 Å². The molecule has 0 aliphatic carbocycles. The minimum Gasteiger partial charge on any atom is -0.166 e. The zero-order valence-corrected chi connectivity index (χ0v) is 13.1. The quantitative estimate of drug-likeness (QED) is 0.457. The highest BCUT2D eigenvalue weighted by molar-refractivity contribution is 9.09. The number of hydrogen-bond acceptors (Lipinski definition) is 1. The van der Waals surface area contributed by atoms with Crippen molar-refractivity contribution in [3.63, 3.8) is 0 Å². The summed E-state index contributed by atoms with van der Waals surface area (Å²) < 4.78 is 38.9. The highest BCUT2D eigenvalue weighted by Gasteiger charge is 2.30. The minimum absolute atomic E-state index is 0.115. The summed E-state index contributed by atoms with van der Waals surface area (Å²) >= 11 is 5.23. The first-order chi connectivity index (χ1) is 9.97. The van der Waals surface area contributed by atoms with E-state index in [9.17, 15) is 13.2 Å². The molecule has 0 N–H and O–H groups in total. The molecular formula is C16H10BrF3S. The zero-order valence-electron chi connectivity index (χ0n) is 10.7. The van der Waals surface area contributed by atoms with E-state index in [0.29, 0.717) is 0 Å². The average Bonchev–Trinajstić information content (AvgIpc) is 2.90. The van der Waals surface area contributed by atoms with E-state index in [1.165, 1.54) is 16.8 Å². The second-order valence-corrected chi connectivity index (χ2v) is 6.50. The number of alkyl halides is 4. The maximum Gasteiger partial charge on any atom is 0.416 e. The lowest BCUT2D eigenvalue weighted by Crippen LogP contribution is -2.04. The molecule has 3 rings (SSSR count). The van der Waals surface area contributed by atoms with E-state index < -0.39 is 11.7 Å². The summed E-state index contributed by atoms with van der Waals surface area (Å²) in [7, 11) is 0. The fraction of sp³-hybridized carbons (Fsp3) is 0.125. The summed E-state index contributed by atoms with van der Waals surface area (Å²) in [5, 5.41) is 3.17. The molecule has 0 nitrogen and oxygen atoms in total. The van der Waals surface area contributed by atoms with Crippen molar-refractivity contribution in [3.05, 3.63) is 70.6 Å². The van der Waals surface area contributed by atoms with E-state index in [4.69, 9.17) is 0 Å². The van der Waals surface area contributed by atoms with Crippen LogP contribution in [0.4, 0.5) is 13.2 Å². The van der Waals surface area contributed by atoms with Crippen LogP contribution < -0.4 is 0 Å². The first-order valence-electron chi connectivity index (χ1n) is 6.24. The van der Waals surface area contributed by atoms with E-state index in [0.717, 1.165) is 28.6 Å². The van der Waals surface area contributed by atoms with Gasteiger partial charge in [-0.3, -0.25) is 0 Å². The average molecular weight is 371 g/mol. The summed E-state index contributed by atoms with van der Waals surface area (Å²) in [6.07, 6.45) is -4.30. The molecule has 3 aromatic rings. The van der Waals surface area contributed by atoms with Gasteiger partial charge in [-0.2, -0.15) is 13.2 Å². The predicted octanol–water partition coefficient (Wildman–Crippen LogP) is 6.40. The highest BCUT2D eigenvalue weighted by Crippen LogP contribution is 2.39. The first-order valence-corrected chi connectivity index (χ1v) is 8.04. The third-order valence-corrected chi connectivity index (χ3v) is 5.32. The van der Waals surface area contributed by atoms with Crippen LogP contribution in [0.3, 0.4) is 0 Å². The Labute approximate surface area is 132 Å². The second-order valence-electron chi connectivity index (χ2n) is 4.67. The molecule has 0 aliphatic heterocycles. The zero-order chi connectivity index (χ0) is 15.0. The van der Waals surface area contributed by atoms with Crippen LogP contribution >= 0.6 is 27.3 Å². The monoisotopic (exact) mass is 370 g/mol. The molecule has 1 heterocycles. The molecular weight excluding hydrogens is 361 g/mol. The van der Waals surface area contributed by atoms with E-state index >= 15 is 0 Å². The normalized spacial score (nSPS) is 13.5. The number of fused-ring (bicyclic) bond motifs is 1. The summed E-state index contributed by atoms with van der Waals surface area (Å²) in [6, 6.07) is 13.3. The first kappa shape index (κ1) is 14.6. The van der Waals surface area contributed by atoms with Crippen molar-refractivity contribution in [3.8, 4) is 0 Å². The van der Waals surface area contributed by atoms with Gasteiger partial charge in [0.2, 0.25) is 0 Å². The molecule has 108 valence electrons. The van der Waals surface area contributed by atoms with Crippen molar-refractivity contribution in [1.29, 1.82) is 0 Å². The van der Waals surface area contributed by atoms with Gasteiger partial charge in [-0.15, -0.1) is 11.3 Å². The molecule has 1 atom stereocenters. The van der Waals surface area contributed by atoms with Crippen LogP contribution in [-0.4, -0.2) is 0 Å². The largest absolute Gasteiger partial charge is 0.416 e. The molecule has 1 aromatic heterocycles. The number of thiophene rings is 1. The smallest absolute Gasteiger partial charge is 0.166 e. The highest BCUT2D eigenvalue weighted by atomic mass is 79.9. The van der Waals surface area contributed by atoms with Crippen LogP contribution in [0.1, 0.15) is 21.5 Å². The maximum atomic E-state index is 12.6. The number of hydrogen-bond donors (Lipinski definition) is 0. The molecule has 0 aliphatic rings. The summed E-state index contributed by atoms with van der Waals surface area (Å²) in [5.74, 6) is 0. The predicted molar refractivity (Wildman–Crippen MR) is 84.0 cm³/mol. The molecule has 0 saturated heterocycles. The third kappa shape index (κ3) is 2.85. The van der Waals surface area contributed by atoms with Crippen molar-refractivity contribution >= 4 is 37.4 Å². The summed E-state index contributed by atoms with van der Waals surface area (Å²) in [5.41, 5.74) is 1.27. The van der Waals surface area contributed by atoms with E-state index in [1.807, 2.05) is 29.6 Å². The molecule has 0 amide bonds. The van der Waals surface area contributed by atoms with Crippen LogP contribution in [0.5, 0.6) is 0 Å². The van der Waals surface area contributed by atoms with E-state index in [-0.39, 0.29) is 4.83 Å². The second kappa shape index (κ2) is 5.46. The van der Waals surface area contributed by atoms with Gasteiger partial charge in [-0.1, -0.05) is 46.3 Å². The van der Waals surface area contributed by atoms with Gasteiger partial charge in [0.15, 0.2) is 0 Å². The Morgan fingerprint density at radius 2 is 1.62 bits per heavy atom. The van der Waals surface area contributed by atoms with Gasteiger partial charge >= 0.3 is 6.18 Å². The Hall–Kier alpha value is -1.33. The molecule has 0 bridgehead atoms. The van der Waals surface area contributed by atoms with Gasteiger partial charge in [0, 0.05) is 4.70 Å². The van der Waals surface area contributed by atoms with Gasteiger partial charge in [-0.05, 0) is 40.1 Å². The molecule has 0 spiro atoms. The van der Waals surface area contributed by atoms with Crippen molar-refractivity contribution < 1.29 is 13.2 Å². The molecule has 0 saturated carbocycles. The fourth-order valence-corrected chi connectivity index (χ4v) is 4.06. The standard InChI is InChI=1S/C16H10BrF3S/c17-15(10-5-7-11(8-6-10)16(18,19)20)13-9-21-14-4-2-1-3-12(13)14/h1-9,15H. The molecule has 21 heavy (non-hydrogen) atoms. The van der Waals surface area contributed by atoms with Gasteiger partial charge < -0.3 is 0 Å². The van der Waals surface area contributed by atoms with Gasteiger partial charge in [-0.25, -0.2) is 0 Å². The SMILES string of the molecule is FC(F)(F)c1ccc(C(Br)c2csc3ccccc23)cc1. The topological polar surface area (TPSA) is 0 Å². The van der Waals surface area contributed by atoms with Crippen molar-refractivity contribution in [2.45, 2.75) is 11.0 Å². The Kier molecular flexibility index (Phi) is 3.80. The summed E-state index contributed by atoms with van der Waals surface area (Å²) in [4.78, 5) is -0.115. The Bertz CT molecular complexity index is 759.